The summed E-state index contributed by atoms with van der Waals surface area (Å²) in [5, 5.41) is 2.65. The minimum Gasteiger partial charge on any atom is -0.353 e. The van der Waals surface area contributed by atoms with Gasteiger partial charge in [-0.25, -0.2) is 13.2 Å². The van der Waals surface area contributed by atoms with Crippen molar-refractivity contribution in [1.82, 2.24) is 9.88 Å². The van der Waals surface area contributed by atoms with Crippen molar-refractivity contribution in [2.75, 3.05) is 18.4 Å². The molecule has 0 spiro atoms. The first-order valence-corrected chi connectivity index (χ1v) is 7.72. The molecule has 0 bridgehead atoms. The van der Waals surface area contributed by atoms with Gasteiger partial charge >= 0.3 is 0 Å². The van der Waals surface area contributed by atoms with Gasteiger partial charge in [-0.2, -0.15) is 0 Å². The predicted octanol–water partition coefficient (Wildman–Crippen LogP) is 3.87. The molecule has 24 heavy (non-hydrogen) atoms. The fraction of sp³-hybridized carbons (Fsp3) is 0.294. The van der Waals surface area contributed by atoms with Crippen molar-refractivity contribution >= 4 is 17.3 Å². The molecule has 1 aromatic heterocycles. The standard InChI is InChI=1S/C17H16F3N3O/c18-12-4-5-13(16(20)15(12)19)22-11-6-7-21-14(10-11)17(24)23-8-2-1-3-9-23/h4-7,10H,1-3,8-9H2,(H,21,22). The second kappa shape index (κ2) is 6.90. The first kappa shape index (κ1) is 16.3. The summed E-state index contributed by atoms with van der Waals surface area (Å²) in [5.41, 5.74) is 0.386. The number of likely N-dealkylation sites (tertiary alicyclic amines) is 1. The third-order valence-corrected chi connectivity index (χ3v) is 3.94. The van der Waals surface area contributed by atoms with E-state index in [0.29, 0.717) is 18.8 Å². The van der Waals surface area contributed by atoms with E-state index in [0.717, 1.165) is 31.4 Å². The molecule has 1 fully saturated rings. The van der Waals surface area contributed by atoms with E-state index >= 15 is 0 Å². The molecule has 1 N–H and O–H groups in total. The number of amides is 1. The van der Waals surface area contributed by atoms with Crippen LogP contribution in [-0.2, 0) is 0 Å². The average Bonchev–Trinajstić information content (AvgIpc) is 2.62. The minimum absolute atomic E-state index is 0.191. The number of nitrogens with zero attached hydrogens (tertiary/aromatic N) is 2. The molecule has 126 valence electrons. The van der Waals surface area contributed by atoms with Gasteiger partial charge in [0, 0.05) is 25.0 Å². The fourth-order valence-corrected chi connectivity index (χ4v) is 2.66. The lowest BCUT2D eigenvalue weighted by molar-refractivity contribution is 0.0718. The number of benzene rings is 1. The third kappa shape index (κ3) is 3.34. The summed E-state index contributed by atoms with van der Waals surface area (Å²) in [7, 11) is 0. The van der Waals surface area contributed by atoms with E-state index in [9.17, 15) is 18.0 Å². The Morgan fingerprint density at radius 3 is 2.54 bits per heavy atom. The molecule has 2 aromatic rings. The van der Waals surface area contributed by atoms with Crippen LogP contribution in [0.2, 0.25) is 0 Å². The number of anilines is 2. The number of pyridine rings is 1. The van der Waals surface area contributed by atoms with Crippen LogP contribution < -0.4 is 5.32 Å². The Hall–Kier alpha value is -2.57. The quantitative estimate of drug-likeness (QED) is 0.866. The van der Waals surface area contributed by atoms with Gasteiger partial charge < -0.3 is 10.2 Å². The molecule has 0 unspecified atom stereocenters. The van der Waals surface area contributed by atoms with Gasteiger partial charge in [-0.1, -0.05) is 0 Å². The monoisotopic (exact) mass is 335 g/mol. The number of rotatable bonds is 3. The van der Waals surface area contributed by atoms with E-state index in [4.69, 9.17) is 0 Å². The smallest absolute Gasteiger partial charge is 0.272 e. The van der Waals surface area contributed by atoms with E-state index in [1.165, 1.54) is 18.3 Å². The highest BCUT2D eigenvalue weighted by Crippen LogP contribution is 2.24. The van der Waals surface area contributed by atoms with Crippen LogP contribution in [0.3, 0.4) is 0 Å². The van der Waals surface area contributed by atoms with Crippen molar-refractivity contribution in [1.29, 1.82) is 0 Å². The highest BCUT2D eigenvalue weighted by molar-refractivity contribution is 5.93. The first-order valence-electron chi connectivity index (χ1n) is 7.72. The van der Waals surface area contributed by atoms with Crippen LogP contribution in [-0.4, -0.2) is 28.9 Å². The summed E-state index contributed by atoms with van der Waals surface area (Å²) in [4.78, 5) is 18.2. The lowest BCUT2D eigenvalue weighted by Crippen LogP contribution is -2.36. The van der Waals surface area contributed by atoms with E-state index in [-0.39, 0.29) is 17.3 Å². The van der Waals surface area contributed by atoms with Crippen LogP contribution in [0.15, 0.2) is 30.5 Å². The molecular formula is C17H16F3N3O. The zero-order valence-electron chi connectivity index (χ0n) is 12.9. The second-order valence-electron chi connectivity index (χ2n) is 5.63. The molecule has 2 heterocycles. The number of carbonyl (C=O) groups excluding carboxylic acids is 1. The minimum atomic E-state index is -1.54. The molecule has 1 saturated heterocycles. The van der Waals surface area contributed by atoms with Crippen LogP contribution in [0.4, 0.5) is 24.5 Å². The fourth-order valence-electron chi connectivity index (χ4n) is 2.66. The number of hydrogen-bond acceptors (Lipinski definition) is 3. The van der Waals surface area contributed by atoms with E-state index < -0.39 is 17.5 Å². The Balaban J connectivity index is 1.80. The molecule has 3 rings (SSSR count). The first-order chi connectivity index (χ1) is 11.6. The number of halogens is 3. The molecule has 0 saturated carbocycles. The normalized spacial score (nSPS) is 14.5. The molecule has 0 atom stereocenters. The molecule has 1 aliphatic heterocycles. The number of hydrogen-bond donors (Lipinski definition) is 1. The molecule has 0 radical (unpaired) electrons. The maximum Gasteiger partial charge on any atom is 0.272 e. The van der Waals surface area contributed by atoms with E-state index in [1.807, 2.05) is 0 Å². The van der Waals surface area contributed by atoms with E-state index in [2.05, 4.69) is 10.3 Å². The van der Waals surface area contributed by atoms with Crippen molar-refractivity contribution in [3.63, 3.8) is 0 Å². The molecule has 4 nitrogen and oxygen atoms in total. The van der Waals surface area contributed by atoms with Gasteiger partial charge in [0.1, 0.15) is 5.69 Å². The average molecular weight is 335 g/mol. The molecule has 1 aliphatic rings. The molecule has 7 heteroatoms. The second-order valence-corrected chi connectivity index (χ2v) is 5.63. The number of aromatic nitrogens is 1. The zero-order chi connectivity index (χ0) is 17.1. The van der Waals surface area contributed by atoms with Crippen molar-refractivity contribution in [3.05, 3.63) is 53.6 Å². The number of carbonyl (C=O) groups is 1. The highest BCUT2D eigenvalue weighted by Gasteiger charge is 2.20. The van der Waals surface area contributed by atoms with E-state index in [1.54, 1.807) is 4.90 Å². The van der Waals surface area contributed by atoms with Gasteiger partial charge in [-0.05, 0) is 43.5 Å². The van der Waals surface area contributed by atoms with Crippen LogP contribution in [0, 0.1) is 17.5 Å². The van der Waals surface area contributed by atoms with Crippen LogP contribution in [0.1, 0.15) is 29.8 Å². The maximum atomic E-state index is 13.7. The third-order valence-electron chi connectivity index (χ3n) is 3.94. The summed E-state index contributed by atoms with van der Waals surface area (Å²) in [6.07, 6.45) is 4.44. The maximum absolute atomic E-state index is 13.7. The van der Waals surface area contributed by atoms with Crippen LogP contribution >= 0.6 is 0 Å². The zero-order valence-corrected chi connectivity index (χ0v) is 12.9. The summed E-state index contributed by atoms with van der Waals surface area (Å²) < 4.78 is 40.0. The van der Waals surface area contributed by atoms with Gasteiger partial charge in [0.2, 0.25) is 0 Å². The summed E-state index contributed by atoms with van der Waals surface area (Å²) in [5.74, 6) is -4.30. The van der Waals surface area contributed by atoms with Gasteiger partial charge in [0.05, 0.1) is 5.69 Å². The Kier molecular flexibility index (Phi) is 4.69. The Morgan fingerprint density at radius 1 is 1.04 bits per heavy atom. The molecule has 0 aliphatic carbocycles. The lowest BCUT2D eigenvalue weighted by atomic mass is 10.1. The van der Waals surface area contributed by atoms with Crippen molar-refractivity contribution < 1.29 is 18.0 Å². The predicted molar refractivity (Wildman–Crippen MR) is 83.6 cm³/mol. The highest BCUT2D eigenvalue weighted by atomic mass is 19.2. The van der Waals surface area contributed by atoms with Gasteiger partial charge in [-0.15, -0.1) is 0 Å². The SMILES string of the molecule is O=C(c1cc(Nc2ccc(F)c(F)c2F)ccn1)N1CCCCC1. The summed E-state index contributed by atoms with van der Waals surface area (Å²) in [6, 6.07) is 4.92. The van der Waals surface area contributed by atoms with Crippen LogP contribution in [0.5, 0.6) is 0 Å². The van der Waals surface area contributed by atoms with Gasteiger partial charge in [0.15, 0.2) is 17.5 Å². The summed E-state index contributed by atoms with van der Waals surface area (Å²) in [6.45, 7) is 1.38. The van der Waals surface area contributed by atoms with Gasteiger partial charge in [0.25, 0.3) is 5.91 Å². The Morgan fingerprint density at radius 2 is 1.79 bits per heavy atom. The van der Waals surface area contributed by atoms with Crippen molar-refractivity contribution in [3.8, 4) is 0 Å². The molecule has 1 aromatic carbocycles. The van der Waals surface area contributed by atoms with Crippen molar-refractivity contribution in [2.24, 2.45) is 0 Å². The van der Waals surface area contributed by atoms with Crippen molar-refractivity contribution in [2.45, 2.75) is 19.3 Å². The lowest BCUT2D eigenvalue weighted by Gasteiger charge is -2.26. The van der Waals surface area contributed by atoms with Gasteiger partial charge in [-0.3, -0.25) is 9.78 Å². The number of piperidine rings is 1. The topological polar surface area (TPSA) is 45.2 Å². The summed E-state index contributed by atoms with van der Waals surface area (Å²) >= 11 is 0. The number of nitrogens with one attached hydrogen (secondary N) is 1. The Bertz CT molecular complexity index is 761. The largest absolute Gasteiger partial charge is 0.353 e. The Labute approximate surface area is 137 Å². The molecular weight excluding hydrogens is 319 g/mol. The molecule has 1 amide bonds. The van der Waals surface area contributed by atoms with Crippen LogP contribution in [0.25, 0.3) is 0 Å².